The summed E-state index contributed by atoms with van der Waals surface area (Å²) in [6.07, 6.45) is 0. The van der Waals surface area contributed by atoms with Gasteiger partial charge in [-0.1, -0.05) is 178 Å². The Hall–Kier alpha value is -9.00. The molecule has 432 valence electrons. The van der Waals surface area contributed by atoms with Crippen LogP contribution in [-0.2, 0) is 22.4 Å². The van der Waals surface area contributed by atoms with Gasteiger partial charge in [-0.05, 0) is 297 Å². The summed E-state index contributed by atoms with van der Waals surface area (Å²) < 4.78 is 0. The second-order valence-electron chi connectivity index (χ2n) is 27.5. The molecule has 0 bridgehead atoms. The quantitative estimate of drug-likeness (QED) is 0.103. The zero-order valence-corrected chi connectivity index (χ0v) is 52.0. The highest BCUT2D eigenvalue weighted by atomic mass is 16.3. The first-order chi connectivity index (χ1) is 41.9. The number of hydrogen-bond donors (Lipinski definition) is 4. The molecule has 4 heteroatoms. The molecule has 0 radical (unpaired) electrons. The second-order valence-corrected chi connectivity index (χ2v) is 27.5. The molecule has 4 N–H and O–H groups in total. The van der Waals surface area contributed by atoms with E-state index in [-0.39, 0.29) is 0 Å². The third-order valence-corrected chi connectivity index (χ3v) is 19.4. The Labute approximate surface area is 514 Å². The monoisotopic (exact) mass is 1140 g/mol. The lowest BCUT2D eigenvalue weighted by molar-refractivity contribution is 0.0753. The molecule has 0 amide bonds. The Morgan fingerprint density at radius 2 is 0.636 bits per heavy atom. The lowest BCUT2D eigenvalue weighted by atomic mass is 9.78. The van der Waals surface area contributed by atoms with Gasteiger partial charge in [0.25, 0.3) is 0 Å². The van der Waals surface area contributed by atoms with E-state index >= 15 is 0 Å². The molecule has 0 atom stereocenters. The van der Waals surface area contributed by atoms with Crippen molar-refractivity contribution in [3.05, 3.63) is 240 Å². The number of aryl methyl sites for hydroxylation is 1. The summed E-state index contributed by atoms with van der Waals surface area (Å²) in [4.78, 5) is 0. The normalized spacial score (nSPS) is 13.0. The first-order valence-corrected chi connectivity index (χ1v) is 31.1. The highest BCUT2D eigenvalue weighted by Crippen LogP contribution is 2.51. The van der Waals surface area contributed by atoms with Crippen LogP contribution >= 0.6 is 0 Å². The maximum absolute atomic E-state index is 12.4. The van der Waals surface area contributed by atoms with Crippen molar-refractivity contribution in [2.45, 2.75) is 104 Å². The Kier molecular flexibility index (Phi) is 12.3. The first-order valence-electron chi connectivity index (χ1n) is 31.1. The molecular weight excluding hydrogens is 1070 g/mol. The van der Waals surface area contributed by atoms with Gasteiger partial charge in [-0.2, -0.15) is 0 Å². The lowest BCUT2D eigenvalue weighted by Gasteiger charge is -2.30. The molecule has 0 saturated carbocycles. The fourth-order valence-corrected chi connectivity index (χ4v) is 15.2. The van der Waals surface area contributed by atoms with Gasteiger partial charge in [-0.15, -0.1) is 0 Å². The topological polar surface area (TPSA) is 80.9 Å². The van der Waals surface area contributed by atoms with Gasteiger partial charge < -0.3 is 20.4 Å². The summed E-state index contributed by atoms with van der Waals surface area (Å²) >= 11 is 0. The maximum atomic E-state index is 12.4. The minimum atomic E-state index is -1.26. The summed E-state index contributed by atoms with van der Waals surface area (Å²) in [5, 5.41) is 69.8. The third-order valence-electron chi connectivity index (χ3n) is 19.4. The van der Waals surface area contributed by atoms with Crippen LogP contribution in [0.4, 0.5) is 0 Å². The average molecular weight is 1150 g/mol. The number of hydrogen-bond acceptors (Lipinski definition) is 4. The van der Waals surface area contributed by atoms with Crippen LogP contribution in [-0.4, -0.2) is 20.4 Å². The summed E-state index contributed by atoms with van der Waals surface area (Å²) in [6, 6.07) is 74.7. The van der Waals surface area contributed by atoms with Crippen molar-refractivity contribution in [3.8, 4) is 55.6 Å². The molecule has 0 aliphatic rings. The van der Waals surface area contributed by atoms with E-state index in [1.54, 1.807) is 0 Å². The van der Waals surface area contributed by atoms with E-state index in [0.29, 0.717) is 5.92 Å². The number of fused-ring (bicyclic) bond motifs is 4. The minimum Gasteiger partial charge on any atom is -0.386 e. The number of benzene rings is 15. The minimum absolute atomic E-state index is 0.358. The van der Waals surface area contributed by atoms with Gasteiger partial charge in [0.05, 0.1) is 22.4 Å². The molecule has 15 aromatic rings. The summed E-state index contributed by atoms with van der Waals surface area (Å²) in [6.45, 7) is 21.6. The van der Waals surface area contributed by atoms with Crippen LogP contribution in [0.3, 0.4) is 0 Å². The molecular formula is C84H72O4. The van der Waals surface area contributed by atoms with Crippen LogP contribution in [0.5, 0.6) is 0 Å². The van der Waals surface area contributed by atoms with E-state index in [2.05, 4.69) is 227 Å². The zero-order valence-electron chi connectivity index (χ0n) is 52.0. The van der Waals surface area contributed by atoms with Crippen molar-refractivity contribution in [1.29, 1.82) is 0 Å². The molecule has 15 rings (SSSR count). The smallest absolute Gasteiger partial charge is 0.0846 e. The van der Waals surface area contributed by atoms with E-state index in [1.165, 1.54) is 43.4 Å². The van der Waals surface area contributed by atoms with Gasteiger partial charge in [0.15, 0.2) is 0 Å². The lowest BCUT2D eigenvalue weighted by Crippen LogP contribution is -2.21. The predicted molar refractivity (Wildman–Crippen MR) is 373 cm³/mol. The molecule has 0 aromatic heterocycles. The Bertz CT molecular complexity index is 5400. The molecule has 0 saturated heterocycles. The number of aliphatic hydroxyl groups is 4. The van der Waals surface area contributed by atoms with Gasteiger partial charge in [0, 0.05) is 0 Å². The van der Waals surface area contributed by atoms with Crippen molar-refractivity contribution in [1.82, 2.24) is 0 Å². The molecule has 0 aliphatic heterocycles. The highest BCUT2D eigenvalue weighted by Gasteiger charge is 2.33. The molecule has 15 aromatic carbocycles. The molecule has 0 fully saturated rings. The van der Waals surface area contributed by atoms with Crippen LogP contribution in [0, 0.1) is 6.92 Å². The van der Waals surface area contributed by atoms with E-state index in [0.717, 1.165) is 143 Å². The highest BCUT2D eigenvalue weighted by molar-refractivity contribution is 6.30. The summed E-state index contributed by atoms with van der Waals surface area (Å²) in [5.41, 5.74) is 10.5. The summed E-state index contributed by atoms with van der Waals surface area (Å²) in [7, 11) is 0. The molecule has 0 heterocycles. The maximum Gasteiger partial charge on any atom is 0.0846 e. The fraction of sp³-hybridized carbons (Fsp3) is 0.190. The fourth-order valence-electron chi connectivity index (χ4n) is 15.2. The Balaban J connectivity index is 0.896. The number of rotatable bonds is 10. The molecule has 0 spiro atoms. The molecule has 4 nitrogen and oxygen atoms in total. The zero-order chi connectivity index (χ0) is 61.2. The summed E-state index contributed by atoms with van der Waals surface area (Å²) in [5.74, 6) is 0.358. The van der Waals surface area contributed by atoms with Gasteiger partial charge in [-0.3, -0.25) is 0 Å². The van der Waals surface area contributed by atoms with Crippen LogP contribution in [0.1, 0.15) is 109 Å². The molecule has 88 heavy (non-hydrogen) atoms. The molecule has 0 unspecified atom stereocenters. The van der Waals surface area contributed by atoms with Crippen LogP contribution in [0.15, 0.2) is 206 Å². The Morgan fingerprint density at radius 1 is 0.261 bits per heavy atom. The van der Waals surface area contributed by atoms with Crippen molar-refractivity contribution < 1.29 is 20.4 Å². The van der Waals surface area contributed by atoms with Crippen molar-refractivity contribution in [2.24, 2.45) is 0 Å². The van der Waals surface area contributed by atoms with Crippen LogP contribution < -0.4 is 0 Å². The van der Waals surface area contributed by atoms with Gasteiger partial charge >= 0.3 is 0 Å². The second kappa shape index (κ2) is 19.5. The van der Waals surface area contributed by atoms with E-state index in [4.69, 9.17) is 0 Å². The average Bonchev–Trinajstić information content (AvgIpc) is 0.936. The van der Waals surface area contributed by atoms with E-state index in [9.17, 15) is 20.4 Å². The van der Waals surface area contributed by atoms with Crippen LogP contribution in [0.25, 0.3) is 153 Å². The Morgan fingerprint density at radius 3 is 1.16 bits per heavy atom. The first kappa shape index (κ1) is 55.6. The molecule has 0 aliphatic carbocycles. The third kappa shape index (κ3) is 8.63. The van der Waals surface area contributed by atoms with Crippen LogP contribution in [0.2, 0.25) is 0 Å². The van der Waals surface area contributed by atoms with E-state index < -0.39 is 22.4 Å². The van der Waals surface area contributed by atoms with Crippen molar-refractivity contribution >= 4 is 97.0 Å². The standard InChI is InChI=1S/C84H72O4/c1-46(2)65-40-52-31-34-59(63-36-29-48-18-16-24-61(65)77(48)79(52)63)71-44-76(84(10,11)88)72(45-75(71)83(8,9)87)68-39-51-28-27-50(38-66(51)56-22-14-15-23-57(56)68)67-41-53-32-35-60(64-37-30-49-19-17-25-62(67)78(49)80(53)64)70-43-73(81(4,5)85)69(42-74(70)82(6,7)86)58-33-26-47(3)54-20-12-13-21-55(54)58/h12-46,85-88H,1-11H3. The largest absolute Gasteiger partial charge is 0.386 e. The van der Waals surface area contributed by atoms with E-state index in [1.807, 2.05) is 55.4 Å². The SMILES string of the molecule is Cc1ccc(-c2cc(C(C)(C)O)c(-c3ccc4cc(-c5ccc6cc(-c7cc(C(C)(C)O)c(-c8ccc9cc(C(C)C)c%10cccc%11ccc8c9c%11%10)cc7C(C)(C)O)c7ccccc7c6c5)c5cccc6ccc3c4c65)cc2C(C)(C)O)c2ccccc12. The predicted octanol–water partition coefficient (Wildman–Crippen LogP) is 21.6. The van der Waals surface area contributed by atoms with Crippen molar-refractivity contribution in [2.75, 3.05) is 0 Å². The van der Waals surface area contributed by atoms with Crippen molar-refractivity contribution in [3.63, 3.8) is 0 Å². The van der Waals surface area contributed by atoms with Gasteiger partial charge in [-0.25, -0.2) is 0 Å². The van der Waals surface area contributed by atoms with Gasteiger partial charge in [0.1, 0.15) is 0 Å². The van der Waals surface area contributed by atoms with Gasteiger partial charge in [0.2, 0.25) is 0 Å².